The van der Waals surface area contributed by atoms with Gasteiger partial charge in [0, 0.05) is 6.42 Å². The predicted molar refractivity (Wildman–Crippen MR) is 115 cm³/mol. The third kappa shape index (κ3) is 5.60. The minimum atomic E-state index is -0.219. The standard InChI is InChI=1S/C22H24ClN3O2/c1-15-10-11-18(17(23)12-15)25-22(28)14-24-19-8-4-5-9-20(19)26-21(27)13-16-6-2-3-7-16/h2,4-6,8-12,16,24H,3,7,13-14H2,1H3,(H,25,28)(H,26,27). The summed E-state index contributed by atoms with van der Waals surface area (Å²) in [5, 5.41) is 9.31. The van der Waals surface area contributed by atoms with Crippen molar-refractivity contribution in [2.75, 3.05) is 22.5 Å². The van der Waals surface area contributed by atoms with E-state index in [1.165, 1.54) is 0 Å². The molecule has 2 aromatic rings. The summed E-state index contributed by atoms with van der Waals surface area (Å²) in [6.07, 6.45) is 6.75. The fourth-order valence-electron chi connectivity index (χ4n) is 3.14. The van der Waals surface area contributed by atoms with Gasteiger partial charge in [-0.25, -0.2) is 0 Å². The zero-order valence-electron chi connectivity index (χ0n) is 15.8. The molecule has 0 fully saturated rings. The fourth-order valence-corrected chi connectivity index (χ4v) is 3.42. The van der Waals surface area contributed by atoms with Crippen molar-refractivity contribution >= 4 is 40.5 Å². The molecule has 0 saturated heterocycles. The number of aryl methyl sites for hydroxylation is 1. The first-order chi connectivity index (χ1) is 13.5. The van der Waals surface area contributed by atoms with Crippen LogP contribution in [0.15, 0.2) is 54.6 Å². The second kappa shape index (κ2) is 9.42. The average molecular weight is 398 g/mol. The van der Waals surface area contributed by atoms with Gasteiger partial charge in [-0.15, -0.1) is 0 Å². The highest BCUT2D eigenvalue weighted by molar-refractivity contribution is 6.33. The van der Waals surface area contributed by atoms with Crippen LogP contribution in [0.4, 0.5) is 17.1 Å². The molecule has 5 nitrogen and oxygen atoms in total. The van der Waals surface area contributed by atoms with Crippen molar-refractivity contribution in [2.24, 2.45) is 5.92 Å². The van der Waals surface area contributed by atoms with Gasteiger partial charge in [0.2, 0.25) is 11.8 Å². The number of nitrogens with one attached hydrogen (secondary N) is 3. The molecular weight excluding hydrogens is 374 g/mol. The second-order valence-electron chi connectivity index (χ2n) is 6.95. The number of anilines is 3. The lowest BCUT2D eigenvalue weighted by molar-refractivity contribution is -0.117. The number of benzene rings is 2. The van der Waals surface area contributed by atoms with Crippen molar-refractivity contribution in [3.8, 4) is 0 Å². The molecule has 1 unspecified atom stereocenters. The van der Waals surface area contributed by atoms with Gasteiger partial charge < -0.3 is 16.0 Å². The number of para-hydroxylation sites is 2. The highest BCUT2D eigenvalue weighted by Gasteiger charge is 2.15. The summed E-state index contributed by atoms with van der Waals surface area (Å²) in [6, 6.07) is 12.8. The Morgan fingerprint density at radius 2 is 1.79 bits per heavy atom. The molecule has 1 atom stereocenters. The summed E-state index contributed by atoms with van der Waals surface area (Å²) in [4.78, 5) is 24.6. The zero-order valence-corrected chi connectivity index (χ0v) is 16.6. The minimum Gasteiger partial charge on any atom is -0.374 e. The predicted octanol–water partition coefficient (Wildman–Crippen LogP) is 4.99. The molecule has 28 heavy (non-hydrogen) atoms. The Labute approximate surface area is 170 Å². The van der Waals surface area contributed by atoms with Gasteiger partial charge in [0.1, 0.15) is 0 Å². The van der Waals surface area contributed by atoms with Crippen LogP contribution in [0.5, 0.6) is 0 Å². The van der Waals surface area contributed by atoms with Gasteiger partial charge in [0.25, 0.3) is 0 Å². The molecule has 146 valence electrons. The monoisotopic (exact) mass is 397 g/mol. The van der Waals surface area contributed by atoms with Gasteiger partial charge in [0.15, 0.2) is 0 Å². The summed E-state index contributed by atoms with van der Waals surface area (Å²) >= 11 is 6.16. The van der Waals surface area contributed by atoms with Gasteiger partial charge in [-0.1, -0.05) is 42.0 Å². The van der Waals surface area contributed by atoms with Crippen molar-refractivity contribution in [1.29, 1.82) is 0 Å². The molecule has 0 radical (unpaired) electrons. The molecule has 0 aliphatic heterocycles. The van der Waals surface area contributed by atoms with E-state index in [1.54, 1.807) is 12.1 Å². The van der Waals surface area contributed by atoms with Crippen LogP contribution in [0.1, 0.15) is 24.8 Å². The molecule has 3 rings (SSSR count). The maximum Gasteiger partial charge on any atom is 0.243 e. The molecule has 0 spiro atoms. The van der Waals surface area contributed by atoms with Crippen LogP contribution in [0, 0.1) is 12.8 Å². The summed E-state index contributed by atoms with van der Waals surface area (Å²) in [5.74, 6) is 0.0646. The lowest BCUT2D eigenvalue weighted by Gasteiger charge is -2.14. The third-order valence-electron chi connectivity index (χ3n) is 4.60. The van der Waals surface area contributed by atoms with Gasteiger partial charge >= 0.3 is 0 Å². The first-order valence-electron chi connectivity index (χ1n) is 9.36. The van der Waals surface area contributed by atoms with E-state index in [-0.39, 0.29) is 18.4 Å². The lowest BCUT2D eigenvalue weighted by Crippen LogP contribution is -2.23. The lowest BCUT2D eigenvalue weighted by atomic mass is 10.0. The van der Waals surface area contributed by atoms with Crippen molar-refractivity contribution in [3.05, 3.63) is 65.2 Å². The summed E-state index contributed by atoms with van der Waals surface area (Å²) in [6.45, 7) is 2.00. The highest BCUT2D eigenvalue weighted by atomic mass is 35.5. The Kier molecular flexibility index (Phi) is 6.71. The maximum atomic E-state index is 12.3. The van der Waals surface area contributed by atoms with Crippen LogP contribution in [-0.4, -0.2) is 18.4 Å². The molecule has 0 heterocycles. The molecule has 0 saturated carbocycles. The van der Waals surface area contributed by atoms with Crippen molar-refractivity contribution in [3.63, 3.8) is 0 Å². The van der Waals surface area contributed by atoms with E-state index in [4.69, 9.17) is 11.6 Å². The molecular formula is C22H24ClN3O2. The van der Waals surface area contributed by atoms with E-state index in [0.717, 1.165) is 18.4 Å². The third-order valence-corrected chi connectivity index (χ3v) is 4.91. The van der Waals surface area contributed by atoms with Crippen LogP contribution < -0.4 is 16.0 Å². The first-order valence-corrected chi connectivity index (χ1v) is 9.74. The number of allylic oxidation sites excluding steroid dienone is 2. The van der Waals surface area contributed by atoms with Crippen LogP contribution in [0.2, 0.25) is 5.02 Å². The Balaban J connectivity index is 1.56. The van der Waals surface area contributed by atoms with Gasteiger partial charge in [-0.3, -0.25) is 9.59 Å². The molecule has 0 bridgehead atoms. The van der Waals surface area contributed by atoms with Crippen LogP contribution in [0.25, 0.3) is 0 Å². The smallest absolute Gasteiger partial charge is 0.243 e. The number of hydrogen-bond donors (Lipinski definition) is 3. The SMILES string of the molecule is Cc1ccc(NC(=O)CNc2ccccc2NC(=O)CC2C=CCC2)c(Cl)c1. The van der Waals surface area contributed by atoms with Crippen molar-refractivity contribution in [1.82, 2.24) is 0 Å². The van der Waals surface area contributed by atoms with Crippen LogP contribution in [0.3, 0.4) is 0 Å². The summed E-state index contributed by atoms with van der Waals surface area (Å²) in [7, 11) is 0. The second-order valence-corrected chi connectivity index (χ2v) is 7.36. The first kappa shape index (κ1) is 20.0. The number of halogens is 1. The Morgan fingerprint density at radius 3 is 2.50 bits per heavy atom. The normalized spacial score (nSPS) is 15.3. The fraction of sp³-hybridized carbons (Fsp3) is 0.273. The van der Waals surface area contributed by atoms with Crippen LogP contribution >= 0.6 is 11.6 Å². The van der Waals surface area contributed by atoms with E-state index >= 15 is 0 Å². The molecule has 2 aromatic carbocycles. The molecule has 1 aliphatic rings. The maximum absolute atomic E-state index is 12.3. The molecule has 3 N–H and O–H groups in total. The molecule has 1 aliphatic carbocycles. The number of carbonyl (C=O) groups is 2. The topological polar surface area (TPSA) is 70.2 Å². The van der Waals surface area contributed by atoms with E-state index < -0.39 is 0 Å². The number of hydrogen-bond acceptors (Lipinski definition) is 3. The van der Waals surface area contributed by atoms with E-state index in [1.807, 2.05) is 37.3 Å². The zero-order chi connectivity index (χ0) is 19.9. The highest BCUT2D eigenvalue weighted by Crippen LogP contribution is 2.25. The van der Waals surface area contributed by atoms with E-state index in [9.17, 15) is 9.59 Å². The quantitative estimate of drug-likeness (QED) is 0.576. The Hall–Kier alpha value is -2.79. The molecule has 0 aromatic heterocycles. The van der Waals surface area contributed by atoms with E-state index in [2.05, 4.69) is 28.1 Å². The van der Waals surface area contributed by atoms with Crippen LogP contribution in [-0.2, 0) is 9.59 Å². The minimum absolute atomic E-state index is 0.0262. The van der Waals surface area contributed by atoms with Gasteiger partial charge in [0.05, 0.1) is 28.6 Å². The molecule has 6 heteroatoms. The molecule has 2 amide bonds. The van der Waals surface area contributed by atoms with E-state index in [0.29, 0.717) is 34.4 Å². The number of rotatable bonds is 7. The largest absolute Gasteiger partial charge is 0.374 e. The van der Waals surface area contributed by atoms with Crippen molar-refractivity contribution in [2.45, 2.75) is 26.2 Å². The van der Waals surface area contributed by atoms with Crippen molar-refractivity contribution < 1.29 is 9.59 Å². The Morgan fingerprint density at radius 1 is 1.04 bits per heavy atom. The number of carbonyl (C=O) groups excluding carboxylic acids is 2. The van der Waals surface area contributed by atoms with Gasteiger partial charge in [-0.05, 0) is 55.5 Å². The number of amides is 2. The van der Waals surface area contributed by atoms with Gasteiger partial charge in [-0.2, -0.15) is 0 Å². The Bertz CT molecular complexity index is 895. The summed E-state index contributed by atoms with van der Waals surface area (Å²) in [5.41, 5.74) is 2.96. The summed E-state index contributed by atoms with van der Waals surface area (Å²) < 4.78 is 0. The average Bonchev–Trinajstić information content (AvgIpc) is 3.16.